The number of anilines is 1. The molecule has 1 aromatic carbocycles. The largest absolute Gasteiger partial charge is 0.449 e. The average Bonchev–Trinajstić information content (AvgIpc) is 3.12. The first-order valence-electron chi connectivity index (χ1n) is 10.5. The number of amides is 1. The van der Waals surface area contributed by atoms with Gasteiger partial charge in [-0.15, -0.1) is 0 Å². The molecular formula is C21H31ClN4O5S. The number of halogens is 1. The molecule has 0 bridgehead atoms. The molecule has 0 fully saturated rings. The van der Waals surface area contributed by atoms with Gasteiger partial charge in [-0.1, -0.05) is 48.8 Å². The van der Waals surface area contributed by atoms with E-state index in [-0.39, 0.29) is 35.9 Å². The number of rotatable bonds is 12. The molecule has 0 spiro atoms. The zero-order valence-electron chi connectivity index (χ0n) is 18.9. The number of benzene rings is 1. The molecule has 0 saturated carbocycles. The summed E-state index contributed by atoms with van der Waals surface area (Å²) < 4.78 is 38.8. The van der Waals surface area contributed by atoms with Gasteiger partial charge in [-0.3, -0.25) is 4.72 Å². The Morgan fingerprint density at radius 2 is 1.91 bits per heavy atom. The molecule has 1 amide bonds. The van der Waals surface area contributed by atoms with E-state index in [0.29, 0.717) is 23.6 Å². The van der Waals surface area contributed by atoms with E-state index in [1.54, 1.807) is 38.4 Å². The van der Waals surface area contributed by atoms with Crippen LogP contribution in [-0.4, -0.2) is 75.6 Å². The number of sulfonamides is 1. The number of nitrogens with zero attached hydrogens (tertiary/aromatic N) is 3. The second-order valence-corrected chi connectivity index (χ2v) is 9.62. The third-order valence-electron chi connectivity index (χ3n) is 4.85. The Labute approximate surface area is 194 Å². The summed E-state index contributed by atoms with van der Waals surface area (Å²) in [6, 6.07) is 6.96. The SMILES string of the molecule is CCN(CC)CCCS(=O)(=O)Nc1c(-c2ccccc2Cl)noc1CCOC(=O)N(C)C. The summed E-state index contributed by atoms with van der Waals surface area (Å²) in [5, 5.41) is 4.46. The van der Waals surface area contributed by atoms with Crippen LogP contribution in [-0.2, 0) is 21.2 Å². The number of hydrogen-bond acceptors (Lipinski definition) is 7. The van der Waals surface area contributed by atoms with Crippen LogP contribution >= 0.6 is 11.6 Å². The molecule has 0 radical (unpaired) electrons. The molecule has 0 unspecified atom stereocenters. The standard InChI is InChI=1S/C21H31ClN4O5S/c1-5-26(6-2)13-9-15-32(28,29)24-20-18(12-14-30-21(27)25(3)4)31-23-19(20)16-10-7-8-11-17(16)22/h7-8,10-11,24H,5-6,9,12-15H2,1-4H3. The van der Waals surface area contributed by atoms with Crippen molar-refractivity contribution in [2.45, 2.75) is 26.7 Å². The van der Waals surface area contributed by atoms with E-state index in [2.05, 4.69) is 14.8 Å². The van der Waals surface area contributed by atoms with Gasteiger partial charge in [-0.25, -0.2) is 13.2 Å². The van der Waals surface area contributed by atoms with Crippen LogP contribution < -0.4 is 4.72 Å². The number of aromatic nitrogens is 1. The molecule has 2 aromatic rings. The second kappa shape index (κ2) is 12.1. The Bertz CT molecular complexity index is 990. The minimum absolute atomic E-state index is 0.00482. The van der Waals surface area contributed by atoms with Crippen molar-refractivity contribution >= 4 is 33.4 Å². The summed E-state index contributed by atoms with van der Waals surface area (Å²) in [5.74, 6) is 0.213. The van der Waals surface area contributed by atoms with Gasteiger partial charge in [0.2, 0.25) is 10.0 Å². The Morgan fingerprint density at radius 3 is 2.53 bits per heavy atom. The Balaban J connectivity index is 2.23. The van der Waals surface area contributed by atoms with Gasteiger partial charge in [0.05, 0.1) is 10.8 Å². The molecule has 0 aliphatic heterocycles. The lowest BCUT2D eigenvalue weighted by atomic mass is 10.1. The highest BCUT2D eigenvalue weighted by atomic mass is 35.5. The highest BCUT2D eigenvalue weighted by Crippen LogP contribution is 2.35. The van der Waals surface area contributed by atoms with Gasteiger partial charge >= 0.3 is 6.09 Å². The highest BCUT2D eigenvalue weighted by Gasteiger charge is 2.24. The Morgan fingerprint density at radius 1 is 1.22 bits per heavy atom. The van der Waals surface area contributed by atoms with Crippen LogP contribution in [0.1, 0.15) is 26.0 Å². The van der Waals surface area contributed by atoms with Crippen LogP contribution in [0.5, 0.6) is 0 Å². The number of carbonyl (C=O) groups excluding carboxylic acids is 1. The van der Waals surface area contributed by atoms with E-state index in [0.717, 1.165) is 13.1 Å². The van der Waals surface area contributed by atoms with E-state index < -0.39 is 16.1 Å². The van der Waals surface area contributed by atoms with Gasteiger partial charge in [0.25, 0.3) is 0 Å². The maximum atomic E-state index is 12.8. The van der Waals surface area contributed by atoms with Gasteiger partial charge in [0.1, 0.15) is 18.0 Å². The fourth-order valence-corrected chi connectivity index (χ4v) is 4.38. The van der Waals surface area contributed by atoms with Crippen molar-refractivity contribution in [3.63, 3.8) is 0 Å². The van der Waals surface area contributed by atoms with E-state index in [1.807, 2.05) is 13.8 Å². The quantitative estimate of drug-likeness (QED) is 0.487. The zero-order chi connectivity index (χ0) is 23.7. The normalized spacial score (nSPS) is 11.6. The van der Waals surface area contributed by atoms with Crippen LogP contribution in [0.2, 0.25) is 5.02 Å². The molecule has 0 atom stereocenters. The molecule has 0 aliphatic rings. The molecule has 178 valence electrons. The lowest BCUT2D eigenvalue weighted by Crippen LogP contribution is -2.27. The predicted octanol–water partition coefficient (Wildman–Crippen LogP) is 3.71. The highest BCUT2D eigenvalue weighted by molar-refractivity contribution is 7.92. The number of ether oxygens (including phenoxy) is 1. The van der Waals surface area contributed by atoms with Crippen molar-refractivity contribution in [1.82, 2.24) is 15.0 Å². The number of nitrogens with one attached hydrogen (secondary N) is 1. The first-order chi connectivity index (χ1) is 15.2. The summed E-state index contributed by atoms with van der Waals surface area (Å²) >= 11 is 6.30. The molecule has 32 heavy (non-hydrogen) atoms. The third kappa shape index (κ3) is 7.39. The van der Waals surface area contributed by atoms with E-state index >= 15 is 0 Å². The van der Waals surface area contributed by atoms with Gasteiger partial charge < -0.3 is 19.1 Å². The van der Waals surface area contributed by atoms with Crippen molar-refractivity contribution in [3.8, 4) is 11.3 Å². The number of hydrogen-bond donors (Lipinski definition) is 1. The summed E-state index contributed by atoms with van der Waals surface area (Å²) in [6.45, 7) is 6.49. The molecule has 0 aliphatic carbocycles. The summed E-state index contributed by atoms with van der Waals surface area (Å²) in [7, 11) is -0.526. The molecule has 2 rings (SSSR count). The Kier molecular flexibility index (Phi) is 9.80. The molecule has 0 saturated heterocycles. The topological polar surface area (TPSA) is 105 Å². The van der Waals surface area contributed by atoms with Crippen LogP contribution in [0.4, 0.5) is 10.5 Å². The van der Waals surface area contributed by atoms with Crippen LogP contribution in [0.25, 0.3) is 11.3 Å². The van der Waals surface area contributed by atoms with Crippen LogP contribution in [0.3, 0.4) is 0 Å². The molecular weight excluding hydrogens is 456 g/mol. The van der Waals surface area contributed by atoms with E-state index in [4.69, 9.17) is 20.9 Å². The summed E-state index contributed by atoms with van der Waals surface area (Å²) in [4.78, 5) is 15.1. The maximum absolute atomic E-state index is 12.8. The third-order valence-corrected chi connectivity index (χ3v) is 6.52. The lowest BCUT2D eigenvalue weighted by molar-refractivity contribution is 0.117. The van der Waals surface area contributed by atoms with Crippen LogP contribution in [0, 0.1) is 0 Å². The van der Waals surface area contributed by atoms with Crippen molar-refractivity contribution in [1.29, 1.82) is 0 Å². The van der Waals surface area contributed by atoms with Crippen molar-refractivity contribution < 1.29 is 22.5 Å². The monoisotopic (exact) mass is 486 g/mol. The first kappa shape index (κ1) is 26.0. The van der Waals surface area contributed by atoms with Crippen LogP contribution in [0.15, 0.2) is 28.8 Å². The molecule has 1 aromatic heterocycles. The van der Waals surface area contributed by atoms with E-state index in [9.17, 15) is 13.2 Å². The van der Waals surface area contributed by atoms with Crippen molar-refractivity contribution in [3.05, 3.63) is 35.0 Å². The lowest BCUT2D eigenvalue weighted by Gasteiger charge is -2.17. The van der Waals surface area contributed by atoms with E-state index in [1.165, 1.54) is 4.90 Å². The minimum Gasteiger partial charge on any atom is -0.449 e. The number of carbonyl (C=O) groups is 1. The van der Waals surface area contributed by atoms with Gasteiger partial charge in [0.15, 0.2) is 5.76 Å². The fourth-order valence-electron chi connectivity index (χ4n) is 3.02. The van der Waals surface area contributed by atoms with Crippen molar-refractivity contribution in [2.24, 2.45) is 0 Å². The van der Waals surface area contributed by atoms with Crippen molar-refractivity contribution in [2.75, 3.05) is 50.8 Å². The minimum atomic E-state index is -3.67. The van der Waals surface area contributed by atoms with Gasteiger partial charge in [0, 0.05) is 26.1 Å². The fraction of sp³-hybridized carbons (Fsp3) is 0.524. The first-order valence-corrected chi connectivity index (χ1v) is 12.5. The summed E-state index contributed by atoms with van der Waals surface area (Å²) in [5.41, 5.74) is 1.04. The van der Waals surface area contributed by atoms with Gasteiger partial charge in [-0.05, 0) is 32.1 Å². The molecule has 1 N–H and O–H groups in total. The maximum Gasteiger partial charge on any atom is 0.409 e. The Hall–Kier alpha value is -2.30. The molecule has 9 nitrogen and oxygen atoms in total. The van der Waals surface area contributed by atoms with Gasteiger partial charge in [-0.2, -0.15) is 0 Å². The molecule has 1 heterocycles. The molecule has 11 heteroatoms. The second-order valence-electron chi connectivity index (χ2n) is 7.37. The zero-order valence-corrected chi connectivity index (χ0v) is 20.5. The summed E-state index contributed by atoms with van der Waals surface area (Å²) in [6.07, 6.45) is 0.128. The average molecular weight is 487 g/mol. The smallest absolute Gasteiger partial charge is 0.409 e. The predicted molar refractivity (Wildman–Crippen MR) is 126 cm³/mol.